The van der Waals surface area contributed by atoms with Crippen LogP contribution in [0.15, 0.2) is 42.0 Å². The van der Waals surface area contributed by atoms with Gasteiger partial charge >= 0.3 is 0 Å². The molecule has 1 fully saturated rings. The maximum atomic E-state index is 13.3. The first-order valence-corrected chi connectivity index (χ1v) is 11.7. The van der Waals surface area contributed by atoms with Crippen molar-refractivity contribution in [2.45, 2.75) is 19.4 Å². The van der Waals surface area contributed by atoms with Crippen molar-refractivity contribution in [2.75, 3.05) is 55.1 Å². The molecular formula is C27H34N2O7. The molecule has 1 aliphatic heterocycles. The van der Waals surface area contributed by atoms with E-state index in [0.29, 0.717) is 53.7 Å². The van der Waals surface area contributed by atoms with Crippen LogP contribution in [-0.2, 0) is 9.59 Å². The highest BCUT2D eigenvalue weighted by atomic mass is 16.5. The number of amides is 1. The molecule has 0 spiro atoms. The lowest BCUT2D eigenvalue weighted by Gasteiger charge is -2.27. The Morgan fingerprint density at radius 1 is 1.00 bits per heavy atom. The van der Waals surface area contributed by atoms with Crippen LogP contribution >= 0.6 is 0 Å². The Hall–Kier alpha value is -3.72. The zero-order valence-corrected chi connectivity index (χ0v) is 21.7. The summed E-state index contributed by atoms with van der Waals surface area (Å²) in [4.78, 5) is 30.0. The fourth-order valence-electron chi connectivity index (χ4n) is 4.30. The third-order valence-corrected chi connectivity index (χ3v) is 5.99. The van der Waals surface area contributed by atoms with Gasteiger partial charge in [0.05, 0.1) is 39.6 Å². The van der Waals surface area contributed by atoms with E-state index in [-0.39, 0.29) is 11.3 Å². The van der Waals surface area contributed by atoms with Gasteiger partial charge in [0.15, 0.2) is 11.5 Å². The summed E-state index contributed by atoms with van der Waals surface area (Å²) in [6.07, 6.45) is 0.643. The molecule has 194 valence electrons. The quantitative estimate of drug-likeness (QED) is 0.286. The van der Waals surface area contributed by atoms with Crippen molar-refractivity contribution in [3.05, 3.63) is 53.1 Å². The first-order chi connectivity index (χ1) is 17.3. The molecule has 0 saturated carbocycles. The maximum Gasteiger partial charge on any atom is 0.295 e. The van der Waals surface area contributed by atoms with Gasteiger partial charge in [0.1, 0.15) is 11.5 Å². The van der Waals surface area contributed by atoms with Gasteiger partial charge in [-0.3, -0.25) is 9.59 Å². The minimum atomic E-state index is -0.840. The van der Waals surface area contributed by atoms with Crippen molar-refractivity contribution < 1.29 is 33.6 Å². The van der Waals surface area contributed by atoms with Crippen LogP contribution in [0.25, 0.3) is 5.76 Å². The summed E-state index contributed by atoms with van der Waals surface area (Å²) in [5.41, 5.74) is 0.964. The van der Waals surface area contributed by atoms with E-state index in [0.717, 1.165) is 6.54 Å². The maximum absolute atomic E-state index is 13.3. The molecule has 1 N–H and O–H groups in total. The molecule has 0 unspecified atom stereocenters. The molecule has 2 aromatic carbocycles. The van der Waals surface area contributed by atoms with Crippen LogP contribution in [0.3, 0.4) is 0 Å². The fraction of sp³-hybridized carbons (Fsp3) is 0.407. The fourth-order valence-corrected chi connectivity index (χ4v) is 4.30. The number of aliphatic hydroxyl groups is 1. The van der Waals surface area contributed by atoms with E-state index >= 15 is 0 Å². The molecule has 1 aliphatic rings. The Bertz CT molecular complexity index is 1100. The largest absolute Gasteiger partial charge is 0.507 e. The van der Waals surface area contributed by atoms with Gasteiger partial charge in [-0.2, -0.15) is 0 Å². The second kappa shape index (κ2) is 11.8. The summed E-state index contributed by atoms with van der Waals surface area (Å²) in [6.45, 7) is 3.43. The molecule has 2 aromatic rings. The number of hydrogen-bond acceptors (Lipinski definition) is 8. The van der Waals surface area contributed by atoms with Crippen molar-refractivity contribution in [2.24, 2.45) is 0 Å². The van der Waals surface area contributed by atoms with Crippen LogP contribution in [0.1, 0.15) is 30.5 Å². The number of nitrogens with zero attached hydrogens (tertiary/aromatic N) is 2. The van der Waals surface area contributed by atoms with Crippen molar-refractivity contribution in [1.29, 1.82) is 0 Å². The van der Waals surface area contributed by atoms with Gasteiger partial charge in [-0.05, 0) is 75.9 Å². The van der Waals surface area contributed by atoms with Crippen LogP contribution in [0, 0.1) is 0 Å². The highest BCUT2D eigenvalue weighted by Crippen LogP contribution is 2.45. The molecule has 0 radical (unpaired) electrons. The van der Waals surface area contributed by atoms with Gasteiger partial charge in [0.2, 0.25) is 5.75 Å². The van der Waals surface area contributed by atoms with Gasteiger partial charge in [-0.1, -0.05) is 0 Å². The van der Waals surface area contributed by atoms with Crippen LogP contribution < -0.4 is 18.9 Å². The molecule has 3 rings (SSSR count). The molecule has 0 aromatic heterocycles. The second-order valence-corrected chi connectivity index (χ2v) is 8.57. The average molecular weight is 499 g/mol. The smallest absolute Gasteiger partial charge is 0.295 e. The number of rotatable bonds is 11. The number of carbonyl (C=O) groups is 2. The van der Waals surface area contributed by atoms with E-state index in [2.05, 4.69) is 0 Å². The molecular weight excluding hydrogens is 464 g/mol. The van der Waals surface area contributed by atoms with Gasteiger partial charge in [-0.25, -0.2) is 0 Å². The van der Waals surface area contributed by atoms with E-state index in [1.807, 2.05) is 25.9 Å². The molecule has 0 bridgehead atoms. The average Bonchev–Trinajstić information content (AvgIpc) is 3.12. The number of Topliss-reactive ketones (excluding diaryl/α,β-unsaturated/α-hetero) is 1. The van der Waals surface area contributed by atoms with Crippen molar-refractivity contribution >= 4 is 17.4 Å². The Morgan fingerprint density at radius 2 is 1.61 bits per heavy atom. The van der Waals surface area contributed by atoms with E-state index in [1.165, 1.54) is 26.2 Å². The minimum Gasteiger partial charge on any atom is -0.507 e. The van der Waals surface area contributed by atoms with Gasteiger partial charge in [-0.15, -0.1) is 0 Å². The van der Waals surface area contributed by atoms with Gasteiger partial charge in [0, 0.05) is 12.1 Å². The first-order valence-electron chi connectivity index (χ1n) is 11.7. The molecule has 1 amide bonds. The number of ketones is 1. The number of methoxy groups -OCH3 is 3. The molecule has 36 heavy (non-hydrogen) atoms. The lowest BCUT2D eigenvalue weighted by molar-refractivity contribution is -0.139. The summed E-state index contributed by atoms with van der Waals surface area (Å²) >= 11 is 0. The normalized spacial score (nSPS) is 17.0. The standard InChI is InChI=1S/C27H34N2O7/c1-7-36-19-11-9-17(10-12-19)24(30)22-23(29(27(32)25(22)31)14-8-13-28(2)3)18-15-20(33-4)26(35-6)21(16-18)34-5/h9-12,15-16,23,30H,7-8,13-14H2,1-6H3/b24-22+/t23-/m1/s1. The zero-order chi connectivity index (χ0) is 26.4. The first kappa shape index (κ1) is 26.9. The summed E-state index contributed by atoms with van der Waals surface area (Å²) < 4.78 is 21.9. The van der Waals surface area contributed by atoms with E-state index in [1.54, 1.807) is 36.4 Å². The van der Waals surface area contributed by atoms with Gasteiger partial charge in [0.25, 0.3) is 11.7 Å². The highest BCUT2D eigenvalue weighted by molar-refractivity contribution is 6.46. The number of carbonyl (C=O) groups excluding carboxylic acids is 2. The molecule has 9 nitrogen and oxygen atoms in total. The summed E-state index contributed by atoms with van der Waals surface area (Å²) in [5.74, 6) is 0.119. The van der Waals surface area contributed by atoms with Crippen LogP contribution in [0.5, 0.6) is 23.0 Å². The van der Waals surface area contributed by atoms with Gasteiger partial charge < -0.3 is 33.9 Å². The lowest BCUT2D eigenvalue weighted by Crippen LogP contribution is -2.32. The number of likely N-dealkylation sites (tertiary alicyclic amines) is 1. The van der Waals surface area contributed by atoms with Crippen molar-refractivity contribution in [1.82, 2.24) is 9.80 Å². The molecule has 0 aliphatic carbocycles. The monoisotopic (exact) mass is 498 g/mol. The van der Waals surface area contributed by atoms with Crippen LogP contribution in [0.4, 0.5) is 0 Å². The molecule has 1 saturated heterocycles. The Morgan fingerprint density at radius 3 is 2.11 bits per heavy atom. The third-order valence-electron chi connectivity index (χ3n) is 5.99. The van der Waals surface area contributed by atoms with E-state index in [9.17, 15) is 14.7 Å². The number of hydrogen-bond donors (Lipinski definition) is 1. The SMILES string of the molecule is CCOc1ccc(/C(O)=C2\C(=O)C(=O)N(CCCN(C)C)[C@@H]2c2cc(OC)c(OC)c(OC)c2)cc1. The zero-order valence-electron chi connectivity index (χ0n) is 21.7. The molecule has 9 heteroatoms. The summed E-state index contributed by atoms with van der Waals surface area (Å²) in [6, 6.07) is 9.29. The number of aliphatic hydroxyl groups excluding tert-OH is 1. The minimum absolute atomic E-state index is 0.00304. The Balaban J connectivity index is 2.18. The summed E-state index contributed by atoms with van der Waals surface area (Å²) in [5, 5.41) is 11.3. The predicted octanol–water partition coefficient (Wildman–Crippen LogP) is 3.48. The van der Waals surface area contributed by atoms with E-state index in [4.69, 9.17) is 18.9 Å². The third kappa shape index (κ3) is 5.41. The Labute approximate surface area is 211 Å². The molecule has 1 heterocycles. The lowest BCUT2D eigenvalue weighted by atomic mass is 9.94. The number of benzene rings is 2. The second-order valence-electron chi connectivity index (χ2n) is 8.57. The van der Waals surface area contributed by atoms with Crippen LogP contribution in [-0.4, -0.2) is 81.7 Å². The number of ether oxygens (including phenoxy) is 4. The summed E-state index contributed by atoms with van der Waals surface area (Å²) in [7, 11) is 8.37. The van der Waals surface area contributed by atoms with Crippen molar-refractivity contribution in [3.8, 4) is 23.0 Å². The Kier molecular flexibility index (Phi) is 8.82. The van der Waals surface area contributed by atoms with Crippen LogP contribution in [0.2, 0.25) is 0 Å². The predicted molar refractivity (Wildman–Crippen MR) is 136 cm³/mol. The van der Waals surface area contributed by atoms with E-state index < -0.39 is 17.7 Å². The molecule has 1 atom stereocenters. The van der Waals surface area contributed by atoms with Crippen molar-refractivity contribution in [3.63, 3.8) is 0 Å². The highest BCUT2D eigenvalue weighted by Gasteiger charge is 2.46. The topological polar surface area (TPSA) is 97.8 Å².